The molecule has 0 bridgehead atoms. The van der Waals surface area contributed by atoms with Crippen molar-refractivity contribution in [2.24, 2.45) is 0 Å². The summed E-state index contributed by atoms with van der Waals surface area (Å²) >= 11 is 6.00. The number of fused-ring (bicyclic) bond motifs is 1. The summed E-state index contributed by atoms with van der Waals surface area (Å²) in [5, 5.41) is 0.658. The van der Waals surface area contributed by atoms with E-state index < -0.39 is 0 Å². The molecule has 3 aromatic rings. The Kier molecular flexibility index (Phi) is 4.68. The van der Waals surface area contributed by atoms with Crippen LogP contribution >= 0.6 is 11.6 Å². The fourth-order valence-corrected chi connectivity index (χ4v) is 3.67. The van der Waals surface area contributed by atoms with Gasteiger partial charge in [-0.1, -0.05) is 54.1 Å². The summed E-state index contributed by atoms with van der Waals surface area (Å²) in [5.41, 5.74) is 6.75. The molecule has 2 nitrogen and oxygen atoms in total. The molecule has 1 heterocycles. The summed E-state index contributed by atoms with van der Waals surface area (Å²) < 4.78 is 0. The third-order valence-corrected chi connectivity index (χ3v) is 4.86. The molecule has 3 heteroatoms. The van der Waals surface area contributed by atoms with E-state index in [1.165, 1.54) is 16.7 Å². The Morgan fingerprint density at radius 2 is 1.85 bits per heavy atom. The first-order valence-electron chi connectivity index (χ1n) is 8.68. The first-order valence-corrected chi connectivity index (χ1v) is 9.06. The van der Waals surface area contributed by atoms with Crippen molar-refractivity contribution in [2.75, 3.05) is 0 Å². The number of benzene rings is 2. The Labute approximate surface area is 158 Å². The van der Waals surface area contributed by atoms with Crippen LogP contribution in [-0.4, -0.2) is 10.8 Å². The highest BCUT2D eigenvalue weighted by molar-refractivity contribution is 6.30. The Balaban J connectivity index is 1.53. The number of allylic oxidation sites excluding steroid dienone is 1. The van der Waals surface area contributed by atoms with Gasteiger partial charge in [-0.3, -0.25) is 9.78 Å². The van der Waals surface area contributed by atoms with Crippen molar-refractivity contribution in [3.8, 4) is 11.1 Å². The van der Waals surface area contributed by atoms with Gasteiger partial charge in [0.25, 0.3) is 0 Å². The standard InChI is InChI=1S/C23H18ClNO/c24-20-7-1-4-16(11-20)12-21(26)13-17-10-19(15-25-14-17)23-9-3-6-18-5-2-8-22(18)23/h1-7,9-11,14-15H,8,12-13H2. The minimum atomic E-state index is 0.158. The van der Waals surface area contributed by atoms with Gasteiger partial charge in [-0.2, -0.15) is 0 Å². The number of ketones is 1. The molecule has 0 atom stereocenters. The molecule has 128 valence electrons. The quantitative estimate of drug-likeness (QED) is 0.616. The maximum absolute atomic E-state index is 12.4. The molecule has 0 saturated carbocycles. The molecule has 0 spiro atoms. The van der Waals surface area contributed by atoms with Gasteiger partial charge in [0, 0.05) is 35.8 Å². The van der Waals surface area contributed by atoms with Gasteiger partial charge in [0.1, 0.15) is 5.78 Å². The first kappa shape index (κ1) is 16.7. The van der Waals surface area contributed by atoms with Gasteiger partial charge in [-0.05, 0) is 52.4 Å². The highest BCUT2D eigenvalue weighted by Gasteiger charge is 2.13. The zero-order chi connectivity index (χ0) is 17.9. The van der Waals surface area contributed by atoms with Crippen LogP contribution in [0.25, 0.3) is 17.2 Å². The van der Waals surface area contributed by atoms with Crippen LogP contribution in [0.1, 0.15) is 22.3 Å². The fourth-order valence-electron chi connectivity index (χ4n) is 3.46. The molecule has 0 N–H and O–H groups in total. The van der Waals surface area contributed by atoms with Crippen molar-refractivity contribution in [2.45, 2.75) is 19.3 Å². The minimum absolute atomic E-state index is 0.158. The van der Waals surface area contributed by atoms with E-state index in [2.05, 4.69) is 41.4 Å². The molecule has 0 amide bonds. The van der Waals surface area contributed by atoms with Crippen molar-refractivity contribution in [1.29, 1.82) is 0 Å². The molecule has 4 rings (SSSR count). The average molecular weight is 360 g/mol. The van der Waals surface area contributed by atoms with E-state index in [9.17, 15) is 4.79 Å². The van der Waals surface area contributed by atoms with E-state index in [1.807, 2.05) is 30.5 Å². The Hall–Kier alpha value is -2.71. The Bertz CT molecular complexity index is 1010. The van der Waals surface area contributed by atoms with Crippen LogP contribution in [0.15, 0.2) is 67.0 Å². The van der Waals surface area contributed by atoms with Crippen molar-refractivity contribution >= 4 is 23.5 Å². The van der Waals surface area contributed by atoms with E-state index >= 15 is 0 Å². The van der Waals surface area contributed by atoms with Crippen molar-refractivity contribution in [3.63, 3.8) is 0 Å². The number of aromatic nitrogens is 1. The van der Waals surface area contributed by atoms with Crippen LogP contribution in [0.5, 0.6) is 0 Å². The SMILES string of the molecule is O=C(Cc1cccc(Cl)c1)Cc1cncc(-c2cccc3c2CC=C3)c1. The summed E-state index contributed by atoms with van der Waals surface area (Å²) in [6, 6.07) is 15.9. The summed E-state index contributed by atoms with van der Waals surface area (Å²) in [5.74, 6) is 0.158. The molecular weight excluding hydrogens is 342 g/mol. The monoisotopic (exact) mass is 359 g/mol. The maximum Gasteiger partial charge on any atom is 0.141 e. The van der Waals surface area contributed by atoms with Gasteiger partial charge < -0.3 is 0 Å². The van der Waals surface area contributed by atoms with Gasteiger partial charge in [0.15, 0.2) is 0 Å². The first-order chi connectivity index (χ1) is 12.7. The van der Waals surface area contributed by atoms with E-state index in [4.69, 9.17) is 11.6 Å². The average Bonchev–Trinajstić information content (AvgIpc) is 3.10. The lowest BCUT2D eigenvalue weighted by molar-refractivity contribution is -0.117. The second kappa shape index (κ2) is 7.27. The van der Waals surface area contributed by atoms with Gasteiger partial charge in [-0.15, -0.1) is 0 Å². The second-order valence-electron chi connectivity index (χ2n) is 6.58. The topological polar surface area (TPSA) is 30.0 Å². The number of rotatable bonds is 5. The highest BCUT2D eigenvalue weighted by atomic mass is 35.5. The third-order valence-electron chi connectivity index (χ3n) is 4.63. The molecule has 26 heavy (non-hydrogen) atoms. The normalized spacial score (nSPS) is 12.2. The van der Waals surface area contributed by atoms with Crippen molar-refractivity contribution in [1.82, 2.24) is 4.98 Å². The molecule has 0 radical (unpaired) electrons. The van der Waals surface area contributed by atoms with Crippen LogP contribution in [-0.2, 0) is 24.1 Å². The molecule has 0 saturated heterocycles. The summed E-state index contributed by atoms with van der Waals surface area (Å²) in [6.07, 6.45) is 9.70. The fraction of sp³-hybridized carbons (Fsp3) is 0.130. The molecule has 0 fully saturated rings. The van der Waals surface area contributed by atoms with Crippen LogP contribution in [0.3, 0.4) is 0 Å². The molecule has 1 aliphatic carbocycles. The molecule has 1 aromatic heterocycles. The van der Waals surface area contributed by atoms with E-state index in [0.29, 0.717) is 17.9 Å². The number of carbonyl (C=O) groups excluding carboxylic acids is 1. The van der Waals surface area contributed by atoms with Crippen LogP contribution in [0.2, 0.25) is 5.02 Å². The second-order valence-corrected chi connectivity index (χ2v) is 7.02. The molecule has 0 unspecified atom stereocenters. The maximum atomic E-state index is 12.4. The number of carbonyl (C=O) groups is 1. The summed E-state index contributed by atoms with van der Waals surface area (Å²) in [7, 11) is 0. The highest BCUT2D eigenvalue weighted by Crippen LogP contribution is 2.31. The van der Waals surface area contributed by atoms with Gasteiger partial charge >= 0.3 is 0 Å². The predicted molar refractivity (Wildman–Crippen MR) is 106 cm³/mol. The predicted octanol–water partition coefficient (Wildman–Crippen LogP) is 5.33. The lowest BCUT2D eigenvalue weighted by atomic mass is 9.95. The van der Waals surface area contributed by atoms with Crippen LogP contribution in [0, 0.1) is 0 Å². The summed E-state index contributed by atoms with van der Waals surface area (Å²) in [6.45, 7) is 0. The molecular formula is C23H18ClNO. The molecule has 0 aliphatic heterocycles. The number of Topliss-reactive ketones (excluding diaryl/α,β-unsaturated/α-hetero) is 1. The van der Waals surface area contributed by atoms with Crippen molar-refractivity contribution < 1.29 is 4.79 Å². The van der Waals surface area contributed by atoms with E-state index in [0.717, 1.165) is 23.1 Å². The smallest absolute Gasteiger partial charge is 0.141 e. The molecule has 2 aromatic carbocycles. The zero-order valence-electron chi connectivity index (χ0n) is 14.3. The largest absolute Gasteiger partial charge is 0.299 e. The minimum Gasteiger partial charge on any atom is -0.299 e. The third kappa shape index (κ3) is 3.61. The van der Waals surface area contributed by atoms with Crippen LogP contribution < -0.4 is 0 Å². The van der Waals surface area contributed by atoms with E-state index in [-0.39, 0.29) is 5.78 Å². The number of hydrogen-bond donors (Lipinski definition) is 0. The number of hydrogen-bond acceptors (Lipinski definition) is 2. The van der Waals surface area contributed by atoms with Crippen LogP contribution in [0.4, 0.5) is 0 Å². The Morgan fingerprint density at radius 3 is 2.73 bits per heavy atom. The number of pyridine rings is 1. The van der Waals surface area contributed by atoms with Gasteiger partial charge in [0.05, 0.1) is 0 Å². The number of nitrogens with zero attached hydrogens (tertiary/aromatic N) is 1. The summed E-state index contributed by atoms with van der Waals surface area (Å²) in [4.78, 5) is 16.8. The zero-order valence-corrected chi connectivity index (χ0v) is 15.0. The molecule has 1 aliphatic rings. The van der Waals surface area contributed by atoms with E-state index in [1.54, 1.807) is 6.20 Å². The lowest BCUT2D eigenvalue weighted by Crippen LogP contribution is -2.07. The number of halogens is 1. The van der Waals surface area contributed by atoms with Gasteiger partial charge in [-0.25, -0.2) is 0 Å². The van der Waals surface area contributed by atoms with Gasteiger partial charge in [0.2, 0.25) is 0 Å². The van der Waals surface area contributed by atoms with Crippen molar-refractivity contribution in [3.05, 3.63) is 94.3 Å². The lowest BCUT2D eigenvalue weighted by Gasteiger charge is -2.10. The Morgan fingerprint density at radius 1 is 1.00 bits per heavy atom.